The maximum atomic E-state index is 13.3. The highest BCUT2D eigenvalue weighted by Crippen LogP contribution is 2.23. The molecule has 0 saturated heterocycles. The van der Waals surface area contributed by atoms with Gasteiger partial charge in [-0.05, 0) is 18.2 Å². The largest absolute Gasteiger partial charge is 0.362 e. The summed E-state index contributed by atoms with van der Waals surface area (Å²) < 4.78 is 19.2. The van der Waals surface area contributed by atoms with Crippen LogP contribution in [0.15, 0.2) is 35.3 Å². The van der Waals surface area contributed by atoms with E-state index in [9.17, 15) is 9.18 Å². The van der Waals surface area contributed by atoms with Crippen molar-refractivity contribution in [1.82, 2.24) is 0 Å². The first kappa shape index (κ1) is 12.1. The van der Waals surface area contributed by atoms with Gasteiger partial charge in [0.25, 0.3) is 0 Å². The van der Waals surface area contributed by atoms with Gasteiger partial charge in [-0.2, -0.15) is 0 Å². The van der Waals surface area contributed by atoms with Crippen molar-refractivity contribution in [2.75, 3.05) is 6.61 Å². The summed E-state index contributed by atoms with van der Waals surface area (Å²) in [7, 11) is 0. The minimum atomic E-state index is -0.888. The quantitative estimate of drug-likeness (QED) is 0.609. The molecule has 15 heavy (non-hydrogen) atoms. The summed E-state index contributed by atoms with van der Waals surface area (Å²) in [6.07, 6.45) is 1.18. The van der Waals surface area contributed by atoms with E-state index in [0.717, 1.165) is 0 Å². The molecule has 2 nitrogen and oxygen atoms in total. The van der Waals surface area contributed by atoms with Crippen LogP contribution in [0.5, 0.6) is 0 Å². The van der Waals surface area contributed by atoms with Gasteiger partial charge in [0, 0.05) is 10.0 Å². The molecule has 0 N–H and O–H groups in total. The Labute approximate surface area is 95.9 Å². The molecule has 80 valence electrons. The van der Waals surface area contributed by atoms with Gasteiger partial charge in [0.2, 0.25) is 0 Å². The molecule has 4 heteroatoms. The van der Waals surface area contributed by atoms with E-state index in [1.165, 1.54) is 18.2 Å². The van der Waals surface area contributed by atoms with Crippen LogP contribution in [0.2, 0.25) is 0 Å². The normalized spacial score (nSPS) is 12.1. The zero-order valence-electron chi connectivity index (χ0n) is 7.95. The average molecular weight is 273 g/mol. The second kappa shape index (κ2) is 5.78. The zero-order chi connectivity index (χ0) is 11.3. The van der Waals surface area contributed by atoms with E-state index in [2.05, 4.69) is 22.5 Å². The number of benzene rings is 1. The number of aldehydes is 1. The highest BCUT2D eigenvalue weighted by atomic mass is 79.9. The molecule has 0 spiro atoms. The standard InChI is InChI=1S/C11H10BrFO2/c1-2-5-15-11(7-14)9-6-8(12)3-4-10(9)13/h2-4,6-7,11H,1,5H2. The Morgan fingerprint density at radius 2 is 2.33 bits per heavy atom. The van der Waals surface area contributed by atoms with E-state index in [-0.39, 0.29) is 12.2 Å². The Hall–Kier alpha value is -1.00. The van der Waals surface area contributed by atoms with Crippen molar-refractivity contribution in [3.63, 3.8) is 0 Å². The first-order chi connectivity index (χ1) is 7.19. The third kappa shape index (κ3) is 3.25. The van der Waals surface area contributed by atoms with E-state index in [0.29, 0.717) is 10.8 Å². The summed E-state index contributed by atoms with van der Waals surface area (Å²) in [5, 5.41) is 0. The summed E-state index contributed by atoms with van der Waals surface area (Å²) in [4.78, 5) is 10.7. The molecule has 0 aromatic heterocycles. The first-order valence-corrected chi connectivity index (χ1v) is 5.11. The number of carbonyl (C=O) groups excluding carboxylic acids is 1. The van der Waals surface area contributed by atoms with Crippen LogP contribution in [0.3, 0.4) is 0 Å². The zero-order valence-corrected chi connectivity index (χ0v) is 9.54. The van der Waals surface area contributed by atoms with Crippen LogP contribution in [0.4, 0.5) is 4.39 Å². The Morgan fingerprint density at radius 1 is 1.60 bits per heavy atom. The number of rotatable bonds is 5. The molecule has 0 heterocycles. The highest BCUT2D eigenvalue weighted by molar-refractivity contribution is 9.10. The van der Waals surface area contributed by atoms with E-state index in [4.69, 9.17) is 4.74 Å². The molecular formula is C11H10BrFO2. The highest BCUT2D eigenvalue weighted by Gasteiger charge is 2.15. The molecule has 0 aliphatic heterocycles. The van der Waals surface area contributed by atoms with Crippen molar-refractivity contribution in [3.8, 4) is 0 Å². The van der Waals surface area contributed by atoms with E-state index in [1.54, 1.807) is 6.07 Å². The number of ether oxygens (including phenoxy) is 1. The van der Waals surface area contributed by atoms with Crippen molar-refractivity contribution in [1.29, 1.82) is 0 Å². The summed E-state index contributed by atoms with van der Waals surface area (Å²) in [6, 6.07) is 4.37. The Kier molecular flexibility index (Phi) is 4.65. The predicted octanol–water partition coefficient (Wildman–Crippen LogP) is 3.03. The fraction of sp³-hybridized carbons (Fsp3) is 0.182. The van der Waals surface area contributed by atoms with Crippen LogP contribution >= 0.6 is 15.9 Å². The van der Waals surface area contributed by atoms with Crippen LogP contribution < -0.4 is 0 Å². The van der Waals surface area contributed by atoms with Crippen LogP contribution in [-0.2, 0) is 9.53 Å². The number of hydrogen-bond donors (Lipinski definition) is 0. The van der Waals surface area contributed by atoms with Crippen LogP contribution in [0.1, 0.15) is 11.7 Å². The fourth-order valence-electron chi connectivity index (χ4n) is 1.11. The maximum absolute atomic E-state index is 13.3. The van der Waals surface area contributed by atoms with Gasteiger partial charge in [0.15, 0.2) is 6.29 Å². The van der Waals surface area contributed by atoms with Gasteiger partial charge in [-0.3, -0.25) is 0 Å². The second-order valence-corrected chi connectivity index (χ2v) is 3.76. The van der Waals surface area contributed by atoms with Gasteiger partial charge in [-0.1, -0.05) is 22.0 Å². The molecule has 1 aromatic carbocycles. The molecule has 0 radical (unpaired) electrons. The summed E-state index contributed by atoms with van der Waals surface area (Å²) in [5.41, 5.74) is 0.223. The Morgan fingerprint density at radius 3 is 2.93 bits per heavy atom. The van der Waals surface area contributed by atoms with Gasteiger partial charge in [-0.25, -0.2) is 4.39 Å². The van der Waals surface area contributed by atoms with Crippen molar-refractivity contribution in [2.24, 2.45) is 0 Å². The van der Waals surface area contributed by atoms with Crippen molar-refractivity contribution in [3.05, 3.63) is 46.7 Å². The van der Waals surface area contributed by atoms with E-state index >= 15 is 0 Å². The molecule has 0 amide bonds. The van der Waals surface area contributed by atoms with Crippen LogP contribution in [-0.4, -0.2) is 12.9 Å². The van der Waals surface area contributed by atoms with E-state index in [1.807, 2.05) is 0 Å². The summed E-state index contributed by atoms with van der Waals surface area (Å²) >= 11 is 3.20. The van der Waals surface area contributed by atoms with Gasteiger partial charge < -0.3 is 9.53 Å². The third-order valence-electron chi connectivity index (χ3n) is 1.78. The molecule has 0 saturated carbocycles. The lowest BCUT2D eigenvalue weighted by Gasteiger charge is -2.11. The number of halogens is 2. The second-order valence-electron chi connectivity index (χ2n) is 2.84. The monoisotopic (exact) mass is 272 g/mol. The molecule has 1 atom stereocenters. The Balaban J connectivity index is 2.94. The van der Waals surface area contributed by atoms with Crippen molar-refractivity contribution in [2.45, 2.75) is 6.10 Å². The summed E-state index contributed by atoms with van der Waals surface area (Å²) in [5.74, 6) is -0.459. The minimum Gasteiger partial charge on any atom is -0.362 e. The lowest BCUT2D eigenvalue weighted by molar-refractivity contribution is -0.117. The van der Waals surface area contributed by atoms with Crippen LogP contribution in [0.25, 0.3) is 0 Å². The van der Waals surface area contributed by atoms with Crippen molar-refractivity contribution >= 4 is 22.2 Å². The topological polar surface area (TPSA) is 26.3 Å². The minimum absolute atomic E-state index is 0.204. The predicted molar refractivity (Wildman–Crippen MR) is 59.1 cm³/mol. The fourth-order valence-corrected chi connectivity index (χ4v) is 1.49. The molecule has 1 aromatic rings. The third-order valence-corrected chi connectivity index (χ3v) is 2.28. The first-order valence-electron chi connectivity index (χ1n) is 4.31. The van der Waals surface area contributed by atoms with Gasteiger partial charge in [0.05, 0.1) is 6.61 Å². The number of hydrogen-bond acceptors (Lipinski definition) is 2. The van der Waals surface area contributed by atoms with Gasteiger partial charge >= 0.3 is 0 Å². The van der Waals surface area contributed by atoms with Crippen LogP contribution in [0, 0.1) is 5.82 Å². The van der Waals surface area contributed by atoms with E-state index < -0.39 is 11.9 Å². The summed E-state index contributed by atoms with van der Waals surface area (Å²) in [6.45, 7) is 3.66. The molecule has 0 bridgehead atoms. The van der Waals surface area contributed by atoms with Crippen molar-refractivity contribution < 1.29 is 13.9 Å². The molecular weight excluding hydrogens is 263 g/mol. The SMILES string of the molecule is C=CCOC(C=O)c1cc(Br)ccc1F. The number of carbonyl (C=O) groups is 1. The lowest BCUT2D eigenvalue weighted by atomic mass is 10.1. The van der Waals surface area contributed by atoms with Gasteiger partial charge in [-0.15, -0.1) is 6.58 Å². The molecule has 0 aliphatic rings. The molecule has 0 aliphatic carbocycles. The maximum Gasteiger partial charge on any atom is 0.153 e. The Bertz CT molecular complexity index is 366. The molecule has 1 unspecified atom stereocenters. The van der Waals surface area contributed by atoms with Gasteiger partial charge in [0.1, 0.15) is 11.9 Å². The average Bonchev–Trinajstić information content (AvgIpc) is 2.24. The lowest BCUT2D eigenvalue weighted by Crippen LogP contribution is -2.08. The molecule has 1 rings (SSSR count). The smallest absolute Gasteiger partial charge is 0.153 e. The molecule has 0 fully saturated rings.